The minimum atomic E-state index is 0.199. The highest BCUT2D eigenvalue weighted by molar-refractivity contribution is 6.45. The lowest BCUT2D eigenvalue weighted by Crippen LogP contribution is -2.37. The first-order chi connectivity index (χ1) is 12.2. The number of piperidine rings is 1. The molecule has 0 aliphatic carbocycles. The summed E-state index contributed by atoms with van der Waals surface area (Å²) in [7, 11) is 0. The minimum absolute atomic E-state index is 0.199. The molecule has 1 N–H and O–H groups in total. The molecule has 0 radical (unpaired) electrons. The number of rotatable bonds is 3. The summed E-state index contributed by atoms with van der Waals surface area (Å²) >= 11 is 12.7. The molecule has 4 rings (SSSR count). The molecule has 1 saturated heterocycles. The van der Waals surface area contributed by atoms with Crippen molar-refractivity contribution in [3.63, 3.8) is 0 Å². The quantitative estimate of drug-likeness (QED) is 0.751. The van der Waals surface area contributed by atoms with E-state index in [2.05, 4.69) is 9.88 Å². The van der Waals surface area contributed by atoms with E-state index in [1.54, 1.807) is 18.6 Å². The van der Waals surface area contributed by atoms with Crippen molar-refractivity contribution in [1.29, 1.82) is 0 Å². The third-order valence-electron chi connectivity index (χ3n) is 4.72. The van der Waals surface area contributed by atoms with Gasteiger partial charge in [-0.25, -0.2) is 9.97 Å². The number of hydrogen-bond donors (Lipinski definition) is 1. The molecule has 1 atom stereocenters. The zero-order valence-electron chi connectivity index (χ0n) is 13.6. The molecule has 5 nitrogen and oxygen atoms in total. The summed E-state index contributed by atoms with van der Waals surface area (Å²) in [5.74, 6) is 1.12. The highest BCUT2D eigenvalue weighted by Crippen LogP contribution is 2.35. The molecule has 130 valence electrons. The van der Waals surface area contributed by atoms with Crippen molar-refractivity contribution < 1.29 is 5.11 Å². The Labute approximate surface area is 155 Å². The monoisotopic (exact) mass is 376 g/mol. The van der Waals surface area contributed by atoms with Crippen molar-refractivity contribution in [2.75, 3.05) is 24.6 Å². The van der Waals surface area contributed by atoms with Crippen LogP contribution in [0.4, 0.5) is 5.82 Å². The van der Waals surface area contributed by atoms with Crippen molar-refractivity contribution >= 4 is 39.9 Å². The number of pyridine rings is 1. The fraction of sp³-hybridized carbons (Fsp3) is 0.333. The molecule has 7 heteroatoms. The first-order valence-corrected chi connectivity index (χ1v) is 9.06. The summed E-state index contributed by atoms with van der Waals surface area (Å²) in [6.07, 6.45) is 7.48. The van der Waals surface area contributed by atoms with Crippen LogP contribution in [0.5, 0.6) is 0 Å². The van der Waals surface area contributed by atoms with Crippen LogP contribution >= 0.6 is 23.2 Å². The van der Waals surface area contributed by atoms with Crippen molar-refractivity contribution in [3.8, 4) is 5.69 Å². The Morgan fingerprint density at radius 1 is 1.28 bits per heavy atom. The molecule has 1 aliphatic rings. The van der Waals surface area contributed by atoms with E-state index in [1.807, 2.05) is 22.9 Å². The molecule has 0 amide bonds. The van der Waals surface area contributed by atoms with Crippen LogP contribution in [0.25, 0.3) is 16.6 Å². The van der Waals surface area contributed by atoms with Crippen LogP contribution in [0.3, 0.4) is 0 Å². The van der Waals surface area contributed by atoms with Gasteiger partial charge in [0.25, 0.3) is 0 Å². The Kier molecular flexibility index (Phi) is 4.54. The molecule has 0 bridgehead atoms. The van der Waals surface area contributed by atoms with Gasteiger partial charge < -0.3 is 14.6 Å². The van der Waals surface area contributed by atoms with Gasteiger partial charge in [0.15, 0.2) is 0 Å². The number of benzene rings is 1. The number of anilines is 1. The third kappa shape index (κ3) is 3.08. The van der Waals surface area contributed by atoms with Gasteiger partial charge in [-0.05, 0) is 30.9 Å². The van der Waals surface area contributed by atoms with E-state index in [9.17, 15) is 5.11 Å². The number of hydrogen-bond acceptors (Lipinski definition) is 4. The topological polar surface area (TPSA) is 54.2 Å². The molecular formula is C18H18Cl2N4O. The normalized spacial score (nSPS) is 18.0. The Hall–Kier alpha value is -1.82. The Morgan fingerprint density at radius 2 is 2.16 bits per heavy atom. The van der Waals surface area contributed by atoms with E-state index in [4.69, 9.17) is 28.2 Å². The number of aliphatic hydroxyl groups excluding tert-OH is 1. The number of halogens is 2. The Balaban J connectivity index is 1.89. The molecule has 3 aromatic rings. The van der Waals surface area contributed by atoms with Crippen LogP contribution in [0.15, 0.2) is 36.9 Å². The van der Waals surface area contributed by atoms with Crippen LogP contribution < -0.4 is 4.90 Å². The predicted molar refractivity (Wildman–Crippen MR) is 101 cm³/mol. The van der Waals surface area contributed by atoms with E-state index >= 15 is 0 Å². The van der Waals surface area contributed by atoms with Gasteiger partial charge in [-0.15, -0.1) is 0 Å². The second kappa shape index (κ2) is 6.83. The fourth-order valence-electron chi connectivity index (χ4n) is 3.40. The molecular weight excluding hydrogens is 359 g/mol. The van der Waals surface area contributed by atoms with E-state index in [0.29, 0.717) is 15.6 Å². The average Bonchev–Trinajstić information content (AvgIpc) is 3.18. The van der Waals surface area contributed by atoms with Crippen LogP contribution in [0, 0.1) is 5.92 Å². The number of aliphatic hydroxyl groups is 1. The maximum Gasteiger partial charge on any atom is 0.131 e. The van der Waals surface area contributed by atoms with E-state index in [1.165, 1.54) is 0 Å². The predicted octanol–water partition coefficient (Wildman–Crippen LogP) is 3.94. The number of imidazole rings is 1. The standard InChI is InChI=1S/C18H18Cl2N4O/c19-14-4-3-13-15(24-7-5-21-11-24)8-16(22-18(13)17(14)20)23-6-1-2-12(9-23)10-25/h3-5,7-8,11-12,25H,1-2,6,9-10H2. The van der Waals surface area contributed by atoms with Crippen LogP contribution in [-0.2, 0) is 0 Å². The van der Waals surface area contributed by atoms with E-state index in [0.717, 1.165) is 42.8 Å². The summed E-state index contributed by atoms with van der Waals surface area (Å²) in [6, 6.07) is 5.77. The molecule has 3 heterocycles. The van der Waals surface area contributed by atoms with Gasteiger partial charge in [0.2, 0.25) is 0 Å². The van der Waals surface area contributed by atoms with Gasteiger partial charge in [0, 0.05) is 43.5 Å². The number of aromatic nitrogens is 3. The SMILES string of the molecule is OCC1CCCN(c2cc(-n3ccnc3)c3ccc(Cl)c(Cl)c3n2)C1. The van der Waals surface area contributed by atoms with Crippen molar-refractivity contribution in [2.24, 2.45) is 5.92 Å². The smallest absolute Gasteiger partial charge is 0.131 e. The average molecular weight is 377 g/mol. The van der Waals surface area contributed by atoms with Crippen molar-refractivity contribution in [3.05, 3.63) is 47.0 Å². The third-order valence-corrected chi connectivity index (χ3v) is 5.52. The molecule has 1 aliphatic heterocycles. The molecule has 0 spiro atoms. The van der Waals surface area contributed by atoms with E-state index in [-0.39, 0.29) is 12.5 Å². The molecule has 1 aromatic carbocycles. The van der Waals surface area contributed by atoms with Gasteiger partial charge in [-0.2, -0.15) is 0 Å². The highest BCUT2D eigenvalue weighted by Gasteiger charge is 2.22. The number of fused-ring (bicyclic) bond motifs is 1. The van der Waals surface area contributed by atoms with Gasteiger partial charge in [-0.1, -0.05) is 23.2 Å². The van der Waals surface area contributed by atoms with Gasteiger partial charge in [0.05, 0.1) is 27.6 Å². The van der Waals surface area contributed by atoms with Gasteiger partial charge in [-0.3, -0.25) is 0 Å². The first-order valence-electron chi connectivity index (χ1n) is 8.30. The molecule has 0 saturated carbocycles. The van der Waals surface area contributed by atoms with Crippen LogP contribution in [0.2, 0.25) is 10.0 Å². The van der Waals surface area contributed by atoms with Gasteiger partial charge in [0.1, 0.15) is 5.82 Å². The van der Waals surface area contributed by atoms with Gasteiger partial charge >= 0.3 is 0 Å². The molecule has 1 unspecified atom stereocenters. The lowest BCUT2D eigenvalue weighted by Gasteiger charge is -2.33. The largest absolute Gasteiger partial charge is 0.396 e. The summed E-state index contributed by atoms with van der Waals surface area (Å²) in [6.45, 7) is 1.90. The maximum absolute atomic E-state index is 9.51. The fourth-order valence-corrected chi connectivity index (χ4v) is 3.76. The molecule has 1 fully saturated rings. The van der Waals surface area contributed by atoms with E-state index < -0.39 is 0 Å². The second-order valence-corrected chi connectivity index (χ2v) is 7.15. The lowest BCUT2D eigenvalue weighted by atomic mass is 9.99. The number of nitrogens with zero attached hydrogens (tertiary/aromatic N) is 4. The summed E-state index contributed by atoms with van der Waals surface area (Å²) in [5, 5.41) is 11.4. The summed E-state index contributed by atoms with van der Waals surface area (Å²) < 4.78 is 1.95. The van der Waals surface area contributed by atoms with Crippen LogP contribution in [0.1, 0.15) is 12.8 Å². The first kappa shape index (κ1) is 16.6. The van der Waals surface area contributed by atoms with Crippen molar-refractivity contribution in [1.82, 2.24) is 14.5 Å². The highest BCUT2D eigenvalue weighted by atomic mass is 35.5. The zero-order valence-corrected chi connectivity index (χ0v) is 15.1. The summed E-state index contributed by atoms with van der Waals surface area (Å²) in [5.41, 5.74) is 1.64. The van der Waals surface area contributed by atoms with Crippen molar-refractivity contribution in [2.45, 2.75) is 12.8 Å². The molecule has 25 heavy (non-hydrogen) atoms. The molecule has 2 aromatic heterocycles. The Morgan fingerprint density at radius 3 is 2.92 bits per heavy atom. The maximum atomic E-state index is 9.51. The minimum Gasteiger partial charge on any atom is -0.396 e. The Bertz CT molecular complexity index is 898. The summed E-state index contributed by atoms with van der Waals surface area (Å²) in [4.78, 5) is 11.2. The lowest BCUT2D eigenvalue weighted by molar-refractivity contribution is 0.208. The zero-order chi connectivity index (χ0) is 17.4. The second-order valence-electron chi connectivity index (χ2n) is 6.36. The van der Waals surface area contributed by atoms with Crippen LogP contribution in [-0.4, -0.2) is 39.3 Å².